The predicted molar refractivity (Wildman–Crippen MR) is 75.0 cm³/mol. The summed E-state index contributed by atoms with van der Waals surface area (Å²) in [5.41, 5.74) is 0.890. The summed E-state index contributed by atoms with van der Waals surface area (Å²) in [5.74, 6) is 0. The van der Waals surface area contributed by atoms with Crippen LogP contribution in [0.1, 0.15) is 25.3 Å². The van der Waals surface area contributed by atoms with Crippen LogP contribution in [-0.4, -0.2) is 26.2 Å². The number of hydrogen-bond acceptors (Lipinski definition) is 3. The van der Waals surface area contributed by atoms with Crippen molar-refractivity contribution >= 4 is 26.0 Å². The molecule has 4 nitrogen and oxygen atoms in total. The lowest BCUT2D eigenvalue weighted by Crippen LogP contribution is -2.33. The Morgan fingerprint density at radius 1 is 1.44 bits per heavy atom. The summed E-state index contributed by atoms with van der Waals surface area (Å²) >= 11 is 3.25. The average Bonchev–Trinajstić information content (AvgIpc) is 2.29. The lowest BCUT2D eigenvalue weighted by Gasteiger charge is -2.14. The van der Waals surface area contributed by atoms with Gasteiger partial charge in [0.15, 0.2) is 0 Å². The number of halogens is 1. The third-order valence-electron chi connectivity index (χ3n) is 2.53. The van der Waals surface area contributed by atoms with E-state index in [0.29, 0.717) is 17.3 Å². The van der Waals surface area contributed by atoms with Crippen molar-refractivity contribution in [3.05, 3.63) is 28.2 Å². The first-order valence-electron chi connectivity index (χ1n) is 5.76. The van der Waals surface area contributed by atoms with E-state index in [4.69, 9.17) is 5.11 Å². The molecule has 0 amide bonds. The Hall–Kier alpha value is -0.430. The molecule has 0 fully saturated rings. The van der Waals surface area contributed by atoms with Gasteiger partial charge in [-0.1, -0.05) is 6.07 Å². The Balaban J connectivity index is 2.89. The van der Waals surface area contributed by atoms with Gasteiger partial charge < -0.3 is 5.11 Å². The number of rotatable bonds is 6. The highest BCUT2D eigenvalue weighted by Gasteiger charge is 2.19. The monoisotopic (exact) mass is 335 g/mol. The Kier molecular flexibility index (Phi) is 5.78. The van der Waals surface area contributed by atoms with Crippen LogP contribution in [0.15, 0.2) is 27.6 Å². The minimum Gasteiger partial charge on any atom is -0.396 e. The standard InChI is InChI=1S/C12H18BrNO3S/c1-9-5-6-11(13)12(8-9)18(16,17)14-10(2)4-3-7-15/h5-6,8,10,14-15H,3-4,7H2,1-2H3. The van der Waals surface area contributed by atoms with Gasteiger partial charge in [-0.15, -0.1) is 0 Å². The normalized spacial score (nSPS) is 13.6. The van der Waals surface area contributed by atoms with E-state index >= 15 is 0 Å². The molecule has 0 bridgehead atoms. The molecule has 0 aliphatic heterocycles. The van der Waals surface area contributed by atoms with Gasteiger partial charge in [-0.25, -0.2) is 13.1 Å². The second-order valence-corrected chi connectivity index (χ2v) is 6.86. The number of hydrogen-bond donors (Lipinski definition) is 2. The second-order valence-electron chi connectivity index (χ2n) is 4.32. The average molecular weight is 336 g/mol. The zero-order valence-electron chi connectivity index (χ0n) is 10.5. The molecule has 1 atom stereocenters. The number of aliphatic hydroxyl groups excluding tert-OH is 1. The fourth-order valence-electron chi connectivity index (χ4n) is 1.60. The molecule has 0 saturated carbocycles. The van der Waals surface area contributed by atoms with Crippen LogP contribution in [0.3, 0.4) is 0 Å². The molecule has 1 rings (SSSR count). The van der Waals surface area contributed by atoms with Crippen molar-refractivity contribution in [3.63, 3.8) is 0 Å². The van der Waals surface area contributed by atoms with Gasteiger partial charge in [0.25, 0.3) is 0 Å². The molecule has 1 aromatic carbocycles. The summed E-state index contributed by atoms with van der Waals surface area (Å²) in [6, 6.07) is 5.00. The van der Waals surface area contributed by atoms with Gasteiger partial charge in [0, 0.05) is 17.1 Å². The Morgan fingerprint density at radius 2 is 2.11 bits per heavy atom. The summed E-state index contributed by atoms with van der Waals surface area (Å²) in [4.78, 5) is 0.248. The predicted octanol–water partition coefficient (Wildman–Crippen LogP) is 2.20. The van der Waals surface area contributed by atoms with Gasteiger partial charge in [0.1, 0.15) is 0 Å². The van der Waals surface area contributed by atoms with Gasteiger partial charge in [-0.3, -0.25) is 0 Å². The van der Waals surface area contributed by atoms with Crippen LogP contribution in [0.2, 0.25) is 0 Å². The first-order chi connectivity index (χ1) is 8.36. The van der Waals surface area contributed by atoms with Gasteiger partial charge in [0.2, 0.25) is 10.0 Å². The Bertz CT molecular complexity index is 502. The molecule has 1 aromatic rings. The molecule has 0 aliphatic carbocycles. The zero-order valence-corrected chi connectivity index (χ0v) is 12.9. The summed E-state index contributed by atoms with van der Waals surface area (Å²) in [5, 5.41) is 8.73. The molecule has 18 heavy (non-hydrogen) atoms. The van der Waals surface area contributed by atoms with E-state index in [1.807, 2.05) is 13.0 Å². The molecular formula is C12H18BrNO3S. The van der Waals surface area contributed by atoms with Crippen LogP contribution in [0.5, 0.6) is 0 Å². The van der Waals surface area contributed by atoms with E-state index in [-0.39, 0.29) is 17.5 Å². The van der Waals surface area contributed by atoms with Crippen molar-refractivity contribution in [2.24, 2.45) is 0 Å². The molecule has 0 saturated heterocycles. The molecule has 0 spiro atoms. The highest BCUT2D eigenvalue weighted by atomic mass is 79.9. The topological polar surface area (TPSA) is 66.4 Å². The fraction of sp³-hybridized carbons (Fsp3) is 0.500. The number of nitrogens with one attached hydrogen (secondary N) is 1. The SMILES string of the molecule is Cc1ccc(Br)c(S(=O)(=O)NC(C)CCCO)c1. The molecular weight excluding hydrogens is 318 g/mol. The molecule has 6 heteroatoms. The smallest absolute Gasteiger partial charge is 0.241 e. The van der Waals surface area contributed by atoms with Crippen molar-refractivity contribution in [2.75, 3.05) is 6.61 Å². The maximum Gasteiger partial charge on any atom is 0.241 e. The number of aryl methyl sites for hydroxylation is 1. The van der Waals surface area contributed by atoms with Gasteiger partial charge in [0.05, 0.1) is 4.90 Å². The van der Waals surface area contributed by atoms with Gasteiger partial charge in [-0.05, 0) is 60.3 Å². The molecule has 0 aromatic heterocycles. The lowest BCUT2D eigenvalue weighted by molar-refractivity contribution is 0.279. The van der Waals surface area contributed by atoms with E-state index in [0.717, 1.165) is 5.56 Å². The summed E-state index contributed by atoms with van der Waals surface area (Å²) in [6.45, 7) is 3.71. The Labute approximate surface area is 117 Å². The summed E-state index contributed by atoms with van der Waals surface area (Å²) in [7, 11) is -3.52. The van der Waals surface area contributed by atoms with Crippen LogP contribution in [-0.2, 0) is 10.0 Å². The van der Waals surface area contributed by atoms with Gasteiger partial charge in [-0.2, -0.15) is 0 Å². The van der Waals surface area contributed by atoms with Crippen molar-refractivity contribution in [1.29, 1.82) is 0 Å². The van der Waals surface area contributed by atoms with Crippen molar-refractivity contribution in [2.45, 2.75) is 37.6 Å². The maximum absolute atomic E-state index is 12.2. The Morgan fingerprint density at radius 3 is 2.72 bits per heavy atom. The number of benzene rings is 1. The third kappa shape index (κ3) is 4.35. The minimum absolute atomic E-state index is 0.0696. The molecule has 2 N–H and O–H groups in total. The van der Waals surface area contributed by atoms with Gasteiger partial charge >= 0.3 is 0 Å². The van der Waals surface area contributed by atoms with E-state index in [9.17, 15) is 8.42 Å². The van der Waals surface area contributed by atoms with Crippen molar-refractivity contribution < 1.29 is 13.5 Å². The van der Waals surface area contributed by atoms with E-state index in [1.54, 1.807) is 19.1 Å². The molecule has 0 radical (unpaired) electrons. The molecule has 0 aliphatic rings. The van der Waals surface area contributed by atoms with Crippen LogP contribution in [0, 0.1) is 6.92 Å². The quantitative estimate of drug-likeness (QED) is 0.837. The van der Waals surface area contributed by atoms with E-state index in [1.165, 1.54) is 0 Å². The van der Waals surface area contributed by atoms with Crippen molar-refractivity contribution in [3.8, 4) is 0 Å². The first kappa shape index (κ1) is 15.6. The largest absolute Gasteiger partial charge is 0.396 e. The van der Waals surface area contributed by atoms with Crippen LogP contribution < -0.4 is 4.72 Å². The van der Waals surface area contributed by atoms with Crippen LogP contribution in [0.25, 0.3) is 0 Å². The highest BCUT2D eigenvalue weighted by molar-refractivity contribution is 9.10. The first-order valence-corrected chi connectivity index (χ1v) is 8.04. The molecule has 102 valence electrons. The van der Waals surface area contributed by atoms with Crippen LogP contribution in [0.4, 0.5) is 0 Å². The highest BCUT2D eigenvalue weighted by Crippen LogP contribution is 2.23. The van der Waals surface area contributed by atoms with Crippen LogP contribution >= 0.6 is 15.9 Å². The number of sulfonamides is 1. The number of aliphatic hydroxyl groups is 1. The van der Waals surface area contributed by atoms with E-state index in [2.05, 4.69) is 20.7 Å². The minimum atomic E-state index is -3.52. The van der Waals surface area contributed by atoms with Crippen molar-refractivity contribution in [1.82, 2.24) is 4.72 Å². The zero-order chi connectivity index (χ0) is 13.8. The summed E-state index contributed by atoms with van der Waals surface area (Å²) < 4.78 is 27.5. The maximum atomic E-state index is 12.2. The van der Waals surface area contributed by atoms with E-state index < -0.39 is 10.0 Å². The summed E-state index contributed by atoms with van der Waals surface area (Å²) in [6.07, 6.45) is 1.19. The fourth-order valence-corrected chi connectivity index (χ4v) is 3.93. The third-order valence-corrected chi connectivity index (χ3v) is 5.11. The molecule has 1 unspecified atom stereocenters. The lowest BCUT2D eigenvalue weighted by atomic mass is 10.2. The second kappa shape index (κ2) is 6.65. The molecule has 0 heterocycles.